The molecule has 1 aromatic heterocycles. The van der Waals surface area contributed by atoms with Gasteiger partial charge in [-0.3, -0.25) is 0 Å². The molecular weight excluding hydrogens is 378 g/mol. The van der Waals surface area contributed by atoms with Gasteiger partial charge in [0.1, 0.15) is 23.2 Å². The third-order valence-electron chi connectivity index (χ3n) is 4.03. The Bertz CT molecular complexity index is 958. The third-order valence-corrected chi connectivity index (χ3v) is 4.56. The van der Waals surface area contributed by atoms with Gasteiger partial charge in [0, 0.05) is 21.3 Å². The van der Waals surface area contributed by atoms with Crippen LogP contribution in [0, 0.1) is 18.3 Å². The lowest BCUT2D eigenvalue weighted by atomic mass is 9.90. The molecule has 5 heteroatoms. The minimum absolute atomic E-state index is 0.246. The van der Waals surface area contributed by atoms with Crippen molar-refractivity contribution in [3.05, 3.63) is 64.3 Å². The molecule has 3 aromatic rings. The van der Waals surface area contributed by atoms with Crippen LogP contribution in [0.3, 0.4) is 0 Å². The van der Waals surface area contributed by atoms with Gasteiger partial charge in [0.05, 0.1) is 7.11 Å². The quantitative estimate of drug-likeness (QED) is 0.682. The zero-order valence-corrected chi connectivity index (χ0v) is 15.5. The molecule has 0 unspecified atom stereocenters. The second-order valence-corrected chi connectivity index (χ2v) is 6.47. The van der Waals surface area contributed by atoms with Gasteiger partial charge in [0.15, 0.2) is 0 Å². The van der Waals surface area contributed by atoms with Crippen molar-refractivity contribution in [3.8, 4) is 34.1 Å². The first kappa shape index (κ1) is 17.0. The Balaban J connectivity index is 2.33. The molecule has 124 valence electrons. The summed E-state index contributed by atoms with van der Waals surface area (Å²) in [6.45, 7) is 1.90. The Morgan fingerprint density at radius 3 is 2.12 bits per heavy atom. The SMILES string of the molecule is COc1ccc(-c2c(C)nc(N)c(C#N)c2-c2ccc(Br)cc2)cc1. The Hall–Kier alpha value is -2.84. The van der Waals surface area contributed by atoms with Gasteiger partial charge in [-0.15, -0.1) is 0 Å². The van der Waals surface area contributed by atoms with Gasteiger partial charge in [0.2, 0.25) is 0 Å². The van der Waals surface area contributed by atoms with Crippen LogP contribution >= 0.6 is 15.9 Å². The summed E-state index contributed by atoms with van der Waals surface area (Å²) >= 11 is 3.45. The normalized spacial score (nSPS) is 10.3. The average molecular weight is 394 g/mol. The van der Waals surface area contributed by atoms with Crippen LogP contribution in [0.2, 0.25) is 0 Å². The summed E-state index contributed by atoms with van der Waals surface area (Å²) in [5.41, 5.74) is 10.8. The minimum Gasteiger partial charge on any atom is -0.497 e. The van der Waals surface area contributed by atoms with E-state index in [1.165, 1.54) is 0 Å². The Morgan fingerprint density at radius 2 is 1.56 bits per heavy atom. The molecular formula is C20H16BrN3O. The smallest absolute Gasteiger partial charge is 0.142 e. The molecule has 0 atom stereocenters. The first-order valence-corrected chi connectivity index (χ1v) is 8.45. The number of nitrogens with zero attached hydrogens (tertiary/aromatic N) is 2. The number of methoxy groups -OCH3 is 1. The maximum absolute atomic E-state index is 9.66. The van der Waals surface area contributed by atoms with Crippen molar-refractivity contribution >= 4 is 21.7 Å². The summed E-state index contributed by atoms with van der Waals surface area (Å²) < 4.78 is 6.21. The number of ether oxygens (including phenoxy) is 1. The lowest BCUT2D eigenvalue weighted by Crippen LogP contribution is -2.03. The van der Waals surface area contributed by atoms with Crippen molar-refractivity contribution in [2.45, 2.75) is 6.92 Å². The maximum Gasteiger partial charge on any atom is 0.142 e. The molecule has 0 aliphatic heterocycles. The molecule has 2 aromatic carbocycles. The van der Waals surface area contributed by atoms with E-state index in [1.54, 1.807) is 7.11 Å². The number of hydrogen-bond acceptors (Lipinski definition) is 4. The van der Waals surface area contributed by atoms with Crippen LogP contribution in [-0.2, 0) is 0 Å². The van der Waals surface area contributed by atoms with E-state index in [4.69, 9.17) is 10.5 Å². The number of halogens is 1. The van der Waals surface area contributed by atoms with Gasteiger partial charge in [0.25, 0.3) is 0 Å². The molecule has 0 saturated carbocycles. The van der Waals surface area contributed by atoms with Crippen LogP contribution in [0.15, 0.2) is 53.0 Å². The molecule has 25 heavy (non-hydrogen) atoms. The zero-order valence-electron chi connectivity index (χ0n) is 13.9. The van der Waals surface area contributed by atoms with Crippen molar-refractivity contribution in [1.82, 2.24) is 4.98 Å². The van der Waals surface area contributed by atoms with Gasteiger partial charge in [-0.1, -0.05) is 40.2 Å². The van der Waals surface area contributed by atoms with Crippen molar-refractivity contribution in [2.24, 2.45) is 0 Å². The lowest BCUT2D eigenvalue weighted by Gasteiger charge is -2.16. The molecule has 1 heterocycles. The van der Waals surface area contributed by atoms with E-state index in [-0.39, 0.29) is 5.82 Å². The average Bonchev–Trinajstić information content (AvgIpc) is 2.62. The van der Waals surface area contributed by atoms with Crippen molar-refractivity contribution < 1.29 is 4.74 Å². The number of nitrogen functional groups attached to an aromatic ring is 1. The molecule has 3 rings (SSSR count). The Labute approximate surface area is 155 Å². The van der Waals surface area contributed by atoms with E-state index in [0.717, 1.165) is 38.2 Å². The van der Waals surface area contributed by atoms with Gasteiger partial charge >= 0.3 is 0 Å². The van der Waals surface area contributed by atoms with Crippen LogP contribution in [0.1, 0.15) is 11.3 Å². The summed E-state index contributed by atoms with van der Waals surface area (Å²) in [5.74, 6) is 1.02. The fraction of sp³-hybridized carbons (Fsp3) is 0.100. The summed E-state index contributed by atoms with van der Waals surface area (Å²) in [5, 5.41) is 9.66. The molecule has 0 aliphatic rings. The second kappa shape index (κ2) is 6.96. The largest absolute Gasteiger partial charge is 0.497 e. The van der Waals surface area contributed by atoms with E-state index in [2.05, 4.69) is 27.0 Å². The number of nitrogens with two attached hydrogens (primary N) is 1. The second-order valence-electron chi connectivity index (χ2n) is 5.55. The van der Waals surface area contributed by atoms with E-state index >= 15 is 0 Å². The predicted molar refractivity (Wildman–Crippen MR) is 103 cm³/mol. The number of pyridine rings is 1. The number of hydrogen-bond donors (Lipinski definition) is 1. The summed E-state index contributed by atoms with van der Waals surface area (Å²) in [6.07, 6.45) is 0. The van der Waals surface area contributed by atoms with Crippen LogP contribution in [-0.4, -0.2) is 12.1 Å². The van der Waals surface area contributed by atoms with E-state index in [9.17, 15) is 5.26 Å². The van der Waals surface area contributed by atoms with Crippen LogP contribution in [0.5, 0.6) is 5.75 Å². The predicted octanol–water partition coefficient (Wildman–Crippen LogP) is 4.95. The van der Waals surface area contributed by atoms with Crippen molar-refractivity contribution in [1.29, 1.82) is 5.26 Å². The monoisotopic (exact) mass is 393 g/mol. The molecule has 0 radical (unpaired) electrons. The van der Waals surface area contributed by atoms with Gasteiger partial charge in [-0.05, 0) is 42.3 Å². The number of aromatic nitrogens is 1. The zero-order chi connectivity index (χ0) is 18.0. The molecule has 0 spiro atoms. The molecule has 0 amide bonds. The topological polar surface area (TPSA) is 71.9 Å². The Morgan fingerprint density at radius 1 is 1.00 bits per heavy atom. The highest BCUT2D eigenvalue weighted by Crippen LogP contribution is 2.39. The van der Waals surface area contributed by atoms with E-state index in [0.29, 0.717) is 5.56 Å². The van der Waals surface area contributed by atoms with E-state index < -0.39 is 0 Å². The highest BCUT2D eigenvalue weighted by Gasteiger charge is 2.19. The highest BCUT2D eigenvalue weighted by atomic mass is 79.9. The molecule has 2 N–H and O–H groups in total. The lowest BCUT2D eigenvalue weighted by molar-refractivity contribution is 0.415. The van der Waals surface area contributed by atoms with Crippen LogP contribution < -0.4 is 10.5 Å². The highest BCUT2D eigenvalue weighted by molar-refractivity contribution is 9.10. The molecule has 0 bridgehead atoms. The van der Waals surface area contributed by atoms with Crippen LogP contribution in [0.25, 0.3) is 22.3 Å². The van der Waals surface area contributed by atoms with E-state index in [1.807, 2.05) is 55.5 Å². The van der Waals surface area contributed by atoms with Gasteiger partial charge < -0.3 is 10.5 Å². The Kier molecular flexibility index (Phi) is 4.73. The summed E-state index contributed by atoms with van der Waals surface area (Å²) in [6, 6.07) is 17.7. The van der Waals surface area contributed by atoms with Gasteiger partial charge in [-0.2, -0.15) is 5.26 Å². The molecule has 0 saturated heterocycles. The third kappa shape index (κ3) is 3.21. The van der Waals surface area contributed by atoms with Crippen molar-refractivity contribution in [2.75, 3.05) is 12.8 Å². The van der Waals surface area contributed by atoms with Gasteiger partial charge in [-0.25, -0.2) is 4.98 Å². The fourth-order valence-electron chi connectivity index (χ4n) is 2.86. The standard InChI is InChI=1S/C20H16BrN3O/c1-12-18(13-5-9-16(25-2)10-6-13)19(17(11-22)20(23)24-12)14-3-7-15(21)8-4-14/h3-10H,1-2H3,(H2,23,24). The number of aryl methyl sites for hydroxylation is 1. The fourth-order valence-corrected chi connectivity index (χ4v) is 3.12. The number of rotatable bonds is 3. The number of anilines is 1. The first-order valence-electron chi connectivity index (χ1n) is 7.65. The summed E-state index contributed by atoms with van der Waals surface area (Å²) in [7, 11) is 1.63. The molecule has 0 fully saturated rings. The molecule has 0 aliphatic carbocycles. The minimum atomic E-state index is 0.246. The number of nitriles is 1. The maximum atomic E-state index is 9.66. The molecule has 4 nitrogen and oxygen atoms in total. The van der Waals surface area contributed by atoms with Crippen molar-refractivity contribution in [3.63, 3.8) is 0 Å². The number of benzene rings is 2. The first-order chi connectivity index (χ1) is 12.0. The summed E-state index contributed by atoms with van der Waals surface area (Å²) in [4.78, 5) is 4.38. The van der Waals surface area contributed by atoms with Crippen LogP contribution in [0.4, 0.5) is 5.82 Å².